The van der Waals surface area contributed by atoms with E-state index in [0.29, 0.717) is 0 Å². The van der Waals surface area contributed by atoms with Gasteiger partial charge in [0.15, 0.2) is 0 Å². The van der Waals surface area contributed by atoms with E-state index in [4.69, 9.17) is 9.31 Å². The number of benzene rings is 2. The van der Waals surface area contributed by atoms with Crippen molar-refractivity contribution in [3.05, 3.63) is 53.6 Å². The van der Waals surface area contributed by atoms with E-state index < -0.39 is 0 Å². The molecule has 0 atom stereocenters. The van der Waals surface area contributed by atoms with Crippen molar-refractivity contribution in [3.8, 4) is 11.1 Å². The lowest BCUT2D eigenvalue weighted by Gasteiger charge is -2.32. The molecule has 0 saturated carbocycles. The van der Waals surface area contributed by atoms with Crippen LogP contribution in [0, 0.1) is 0 Å². The fourth-order valence-electron chi connectivity index (χ4n) is 3.73. The van der Waals surface area contributed by atoms with Crippen molar-refractivity contribution in [2.24, 2.45) is 0 Å². The van der Waals surface area contributed by atoms with Crippen molar-refractivity contribution in [1.29, 1.82) is 0 Å². The fraction of sp³-hybridized carbons (Fsp3) is 0.520. The molecule has 2 aromatic rings. The summed E-state index contributed by atoms with van der Waals surface area (Å²) in [6.07, 6.45) is 5.83. The van der Waals surface area contributed by atoms with Crippen LogP contribution in [0.5, 0.6) is 0 Å². The third kappa shape index (κ3) is 4.36. The molecule has 0 spiro atoms. The minimum atomic E-state index is -0.310. The van der Waals surface area contributed by atoms with Gasteiger partial charge in [-0.15, -0.1) is 0 Å². The maximum atomic E-state index is 6.26. The second-order valence-corrected chi connectivity index (χ2v) is 9.06. The van der Waals surface area contributed by atoms with Gasteiger partial charge in [-0.25, -0.2) is 0 Å². The highest BCUT2D eigenvalue weighted by Crippen LogP contribution is 2.37. The van der Waals surface area contributed by atoms with E-state index in [-0.39, 0.29) is 18.3 Å². The van der Waals surface area contributed by atoms with Crippen LogP contribution in [-0.4, -0.2) is 18.3 Å². The average Bonchev–Trinajstić information content (AvgIpc) is 2.88. The monoisotopic (exact) mass is 378 g/mol. The third-order valence-corrected chi connectivity index (χ3v) is 6.26. The summed E-state index contributed by atoms with van der Waals surface area (Å²) in [6.45, 7) is 12.9. The summed E-state index contributed by atoms with van der Waals surface area (Å²) >= 11 is 0. The van der Waals surface area contributed by atoms with Gasteiger partial charge in [-0.05, 0) is 74.7 Å². The Kier molecular flexibility index (Phi) is 6.36. The minimum Gasteiger partial charge on any atom is -0.399 e. The minimum absolute atomic E-state index is 0.300. The molecule has 0 bridgehead atoms. The second-order valence-electron chi connectivity index (χ2n) is 9.06. The topological polar surface area (TPSA) is 18.5 Å². The summed E-state index contributed by atoms with van der Waals surface area (Å²) in [5.41, 5.74) is 5.91. The molecule has 28 heavy (non-hydrogen) atoms. The Balaban J connectivity index is 1.88. The number of unbranched alkanes of at least 4 members (excludes halogenated alkanes) is 1. The van der Waals surface area contributed by atoms with Crippen LogP contribution in [-0.2, 0) is 22.2 Å². The first-order valence-corrected chi connectivity index (χ1v) is 10.8. The summed E-state index contributed by atoms with van der Waals surface area (Å²) < 4.78 is 12.5. The van der Waals surface area contributed by atoms with Crippen LogP contribution in [0.3, 0.4) is 0 Å². The zero-order valence-electron chi connectivity index (χ0n) is 18.5. The molecule has 0 aromatic heterocycles. The molecule has 2 nitrogen and oxygen atoms in total. The molecule has 0 N–H and O–H groups in total. The van der Waals surface area contributed by atoms with Gasteiger partial charge in [0.2, 0.25) is 0 Å². The number of aryl methyl sites for hydroxylation is 2. The summed E-state index contributed by atoms with van der Waals surface area (Å²) in [6, 6.07) is 15.8. The summed E-state index contributed by atoms with van der Waals surface area (Å²) in [5, 5.41) is 0. The molecule has 0 radical (unpaired) electrons. The lowest BCUT2D eigenvalue weighted by atomic mass is 9.77. The van der Waals surface area contributed by atoms with Crippen LogP contribution in [0.1, 0.15) is 71.9 Å². The van der Waals surface area contributed by atoms with E-state index >= 15 is 0 Å². The first kappa shape index (κ1) is 21.1. The number of hydrogen-bond acceptors (Lipinski definition) is 2. The van der Waals surface area contributed by atoms with Crippen molar-refractivity contribution in [3.63, 3.8) is 0 Å². The summed E-state index contributed by atoms with van der Waals surface area (Å²) in [5.74, 6) is 0. The number of hydrogen-bond donors (Lipinski definition) is 0. The lowest BCUT2D eigenvalue weighted by molar-refractivity contribution is 0.00578. The summed E-state index contributed by atoms with van der Waals surface area (Å²) in [4.78, 5) is 0. The van der Waals surface area contributed by atoms with Crippen LogP contribution >= 0.6 is 0 Å². The summed E-state index contributed by atoms with van der Waals surface area (Å²) in [7, 11) is -0.300. The zero-order chi connectivity index (χ0) is 20.4. The molecule has 3 rings (SSSR count). The van der Waals surface area contributed by atoms with E-state index in [2.05, 4.69) is 84.0 Å². The van der Waals surface area contributed by atoms with E-state index in [1.165, 1.54) is 41.5 Å². The van der Waals surface area contributed by atoms with Crippen molar-refractivity contribution in [2.75, 3.05) is 0 Å². The molecule has 150 valence electrons. The predicted molar refractivity (Wildman–Crippen MR) is 120 cm³/mol. The molecule has 1 heterocycles. The van der Waals surface area contributed by atoms with Gasteiger partial charge in [0.05, 0.1) is 11.2 Å². The third-order valence-electron chi connectivity index (χ3n) is 6.26. The fourth-order valence-corrected chi connectivity index (χ4v) is 3.73. The maximum absolute atomic E-state index is 6.26. The van der Waals surface area contributed by atoms with Crippen LogP contribution in [0.25, 0.3) is 11.1 Å². The number of rotatable bonds is 7. The van der Waals surface area contributed by atoms with Gasteiger partial charge in [0.1, 0.15) is 0 Å². The molecule has 1 aliphatic heterocycles. The Morgan fingerprint density at radius 3 is 2.00 bits per heavy atom. The molecule has 1 saturated heterocycles. The van der Waals surface area contributed by atoms with Crippen LogP contribution < -0.4 is 5.46 Å². The molecule has 2 aromatic carbocycles. The van der Waals surface area contributed by atoms with Crippen molar-refractivity contribution in [1.82, 2.24) is 0 Å². The smallest absolute Gasteiger partial charge is 0.399 e. The first-order valence-electron chi connectivity index (χ1n) is 10.8. The van der Waals surface area contributed by atoms with Crippen molar-refractivity contribution in [2.45, 2.75) is 84.8 Å². The standard InChI is InChI=1S/C25H35BO2/c1-7-9-11-19-12-14-20(15-13-19)23-17-16-22(18-21(23)10-8-2)26-27-24(3,4)25(5,6)28-26/h12-18H,7-11H2,1-6H3. The van der Waals surface area contributed by atoms with Crippen LogP contribution in [0.2, 0.25) is 0 Å². The van der Waals surface area contributed by atoms with Crippen LogP contribution in [0.4, 0.5) is 0 Å². The highest BCUT2D eigenvalue weighted by atomic mass is 16.7. The average molecular weight is 378 g/mol. The molecular formula is C25H35BO2. The Morgan fingerprint density at radius 1 is 0.786 bits per heavy atom. The highest BCUT2D eigenvalue weighted by Gasteiger charge is 2.51. The normalized spacial score (nSPS) is 17.9. The van der Waals surface area contributed by atoms with Gasteiger partial charge < -0.3 is 9.31 Å². The second kappa shape index (κ2) is 8.43. The lowest BCUT2D eigenvalue weighted by Crippen LogP contribution is -2.41. The largest absolute Gasteiger partial charge is 0.494 e. The van der Waals surface area contributed by atoms with E-state index in [0.717, 1.165) is 18.3 Å². The molecule has 1 fully saturated rings. The Morgan fingerprint density at radius 2 is 1.43 bits per heavy atom. The Labute approximate surface area is 171 Å². The van der Waals surface area contributed by atoms with Crippen molar-refractivity contribution >= 4 is 12.6 Å². The Hall–Kier alpha value is -1.58. The van der Waals surface area contributed by atoms with Gasteiger partial charge in [0.25, 0.3) is 0 Å². The highest BCUT2D eigenvalue weighted by molar-refractivity contribution is 6.62. The van der Waals surface area contributed by atoms with Crippen LogP contribution in [0.15, 0.2) is 42.5 Å². The molecule has 0 unspecified atom stereocenters. The maximum Gasteiger partial charge on any atom is 0.494 e. The molecular weight excluding hydrogens is 343 g/mol. The molecule has 0 amide bonds. The SMILES string of the molecule is CCCCc1ccc(-c2ccc(B3OC(C)(C)C(C)(C)O3)cc2CCC)cc1. The molecule has 1 aliphatic rings. The molecule has 0 aliphatic carbocycles. The molecule has 3 heteroatoms. The first-order chi connectivity index (χ1) is 13.3. The van der Waals surface area contributed by atoms with Crippen molar-refractivity contribution < 1.29 is 9.31 Å². The Bertz CT molecular complexity index is 777. The quantitative estimate of drug-likeness (QED) is 0.555. The van der Waals surface area contributed by atoms with Gasteiger partial charge in [0, 0.05) is 0 Å². The van der Waals surface area contributed by atoms with Gasteiger partial charge in [-0.3, -0.25) is 0 Å². The van der Waals surface area contributed by atoms with E-state index in [9.17, 15) is 0 Å². The zero-order valence-corrected chi connectivity index (χ0v) is 18.5. The van der Waals surface area contributed by atoms with E-state index in [1.54, 1.807) is 0 Å². The van der Waals surface area contributed by atoms with Gasteiger partial charge >= 0.3 is 7.12 Å². The predicted octanol–water partition coefficient (Wildman–Crippen LogP) is 5.95. The van der Waals surface area contributed by atoms with Gasteiger partial charge in [-0.2, -0.15) is 0 Å². The van der Waals surface area contributed by atoms with Gasteiger partial charge in [-0.1, -0.05) is 69.2 Å². The van der Waals surface area contributed by atoms with E-state index in [1.807, 2.05) is 0 Å².